The number of rotatable bonds is 6. The summed E-state index contributed by atoms with van der Waals surface area (Å²) in [6, 6.07) is 6.00. The number of hydrogen-bond donors (Lipinski definition) is 2. The average molecular weight is 485 g/mol. The zero-order valence-electron chi connectivity index (χ0n) is 18.7. The molecule has 11 heteroatoms. The van der Waals surface area contributed by atoms with E-state index in [4.69, 9.17) is 9.47 Å². The molecule has 1 unspecified atom stereocenters. The Morgan fingerprint density at radius 3 is 3.06 bits per heavy atom. The first-order chi connectivity index (χ1) is 16.5. The van der Waals surface area contributed by atoms with Gasteiger partial charge in [-0.15, -0.1) is 0 Å². The third-order valence-corrected chi connectivity index (χ3v) is 6.63. The predicted molar refractivity (Wildman–Crippen MR) is 127 cm³/mol. The Balaban J connectivity index is 1.34. The highest BCUT2D eigenvalue weighted by atomic mass is 32.1. The zero-order valence-corrected chi connectivity index (χ0v) is 19.5. The van der Waals surface area contributed by atoms with E-state index in [1.54, 1.807) is 11.3 Å². The van der Waals surface area contributed by atoms with Gasteiger partial charge in [-0.25, -0.2) is 9.97 Å². The quantitative estimate of drug-likeness (QED) is 0.550. The molecule has 2 aliphatic heterocycles. The molecule has 2 aliphatic rings. The Labute approximate surface area is 200 Å². The fourth-order valence-corrected chi connectivity index (χ4v) is 4.83. The van der Waals surface area contributed by atoms with Crippen molar-refractivity contribution in [2.45, 2.75) is 25.9 Å². The number of carbonyl (C=O) groups is 1. The van der Waals surface area contributed by atoms with E-state index in [1.807, 2.05) is 30.2 Å². The number of benzene rings is 1. The van der Waals surface area contributed by atoms with E-state index < -0.39 is 5.82 Å². The molecule has 0 spiro atoms. The van der Waals surface area contributed by atoms with Crippen LogP contribution in [0, 0.1) is 12.7 Å². The third-order valence-electron chi connectivity index (χ3n) is 5.52. The standard InChI is InChI=1S/C23H25FN6O3S/c1-14-7-15(19-11-27-23(34-19)30-5-2-4-25-20(31)12-30)9-16(8-14)28-22-26-10-18(24)21(29-22)33-17-3-6-32-13-17/h7-11,17H,2-6,12-13H2,1H3,(H,25,31)(H,26,28,29). The first-order valence-corrected chi connectivity index (χ1v) is 12.0. The van der Waals surface area contributed by atoms with Crippen molar-refractivity contribution in [3.63, 3.8) is 0 Å². The second-order valence-electron chi connectivity index (χ2n) is 8.30. The number of aryl methyl sites for hydroxylation is 1. The van der Waals surface area contributed by atoms with Crippen molar-refractivity contribution in [2.75, 3.05) is 43.1 Å². The topological polar surface area (TPSA) is 102 Å². The Morgan fingerprint density at radius 2 is 2.21 bits per heavy atom. The molecule has 1 amide bonds. The van der Waals surface area contributed by atoms with Gasteiger partial charge in [0.2, 0.25) is 17.7 Å². The second-order valence-corrected chi connectivity index (χ2v) is 9.30. The number of nitrogens with one attached hydrogen (secondary N) is 2. The van der Waals surface area contributed by atoms with E-state index in [9.17, 15) is 9.18 Å². The Hall–Kier alpha value is -3.31. The van der Waals surface area contributed by atoms with E-state index in [-0.39, 0.29) is 23.8 Å². The highest BCUT2D eigenvalue weighted by molar-refractivity contribution is 7.18. The fourth-order valence-electron chi connectivity index (χ4n) is 3.90. The van der Waals surface area contributed by atoms with Crippen molar-refractivity contribution in [3.05, 3.63) is 42.0 Å². The fraction of sp³-hybridized carbons (Fsp3) is 0.391. The second kappa shape index (κ2) is 9.90. The minimum absolute atomic E-state index is 0.0133. The summed E-state index contributed by atoms with van der Waals surface area (Å²) in [4.78, 5) is 27.7. The van der Waals surface area contributed by atoms with E-state index in [2.05, 4.69) is 31.7 Å². The first kappa shape index (κ1) is 22.5. The van der Waals surface area contributed by atoms with Gasteiger partial charge in [-0.1, -0.05) is 17.4 Å². The van der Waals surface area contributed by atoms with E-state index >= 15 is 0 Å². The number of carbonyl (C=O) groups excluding carboxylic acids is 1. The SMILES string of the molecule is Cc1cc(Nc2ncc(F)c(OC3CCOC3)n2)cc(-c2cnc(N3CCCNC(=O)C3)s2)c1. The molecule has 1 atom stereocenters. The maximum absolute atomic E-state index is 14.2. The Morgan fingerprint density at radius 1 is 1.29 bits per heavy atom. The van der Waals surface area contributed by atoms with E-state index in [1.165, 1.54) is 0 Å². The molecule has 178 valence electrons. The van der Waals surface area contributed by atoms with Gasteiger partial charge in [-0.05, 0) is 36.6 Å². The molecule has 9 nitrogen and oxygen atoms in total. The number of hydrogen-bond acceptors (Lipinski definition) is 9. The summed E-state index contributed by atoms with van der Waals surface area (Å²) in [5, 5.41) is 6.86. The molecule has 2 aromatic heterocycles. The van der Waals surface area contributed by atoms with Gasteiger partial charge in [0.1, 0.15) is 6.10 Å². The summed E-state index contributed by atoms with van der Waals surface area (Å²) >= 11 is 1.54. The number of nitrogens with zero attached hydrogens (tertiary/aromatic N) is 4. The highest BCUT2D eigenvalue weighted by Gasteiger charge is 2.21. The van der Waals surface area contributed by atoms with Crippen LogP contribution < -0.4 is 20.3 Å². The van der Waals surface area contributed by atoms with Crippen molar-refractivity contribution < 1.29 is 18.7 Å². The Bertz CT molecular complexity index is 1180. The maximum atomic E-state index is 14.2. The number of ether oxygens (including phenoxy) is 2. The van der Waals surface area contributed by atoms with Crippen molar-refractivity contribution in [2.24, 2.45) is 0 Å². The lowest BCUT2D eigenvalue weighted by Crippen LogP contribution is -2.32. The van der Waals surface area contributed by atoms with Crippen molar-refractivity contribution in [1.29, 1.82) is 0 Å². The molecule has 0 radical (unpaired) electrons. The van der Waals surface area contributed by atoms with Crippen LogP contribution in [0.15, 0.2) is 30.6 Å². The molecule has 4 heterocycles. The van der Waals surface area contributed by atoms with Crippen molar-refractivity contribution >= 4 is 34.0 Å². The molecule has 2 N–H and O–H groups in total. The van der Waals surface area contributed by atoms with Crippen LogP contribution in [0.3, 0.4) is 0 Å². The summed E-state index contributed by atoms with van der Waals surface area (Å²) in [6.07, 6.45) is 4.30. The van der Waals surface area contributed by atoms with Crippen molar-refractivity contribution in [1.82, 2.24) is 20.3 Å². The molecule has 5 rings (SSSR count). The molecule has 0 saturated carbocycles. The molecular formula is C23H25FN6O3S. The minimum atomic E-state index is -0.609. The average Bonchev–Trinajstić information content (AvgIpc) is 3.46. The van der Waals surface area contributed by atoms with Gasteiger partial charge in [0, 0.05) is 31.4 Å². The van der Waals surface area contributed by atoms with Crippen LogP contribution in [-0.2, 0) is 9.53 Å². The smallest absolute Gasteiger partial charge is 0.255 e. The minimum Gasteiger partial charge on any atom is -0.470 e. The predicted octanol–water partition coefficient (Wildman–Crippen LogP) is 3.29. The number of amides is 1. The third kappa shape index (κ3) is 5.26. The van der Waals surface area contributed by atoms with Crippen LogP contribution in [-0.4, -0.2) is 59.8 Å². The van der Waals surface area contributed by atoms with Gasteiger partial charge >= 0.3 is 0 Å². The van der Waals surface area contributed by atoms with Crippen LogP contribution in [0.5, 0.6) is 5.88 Å². The van der Waals surface area contributed by atoms with Crippen LogP contribution in [0.4, 0.5) is 21.2 Å². The molecule has 0 bridgehead atoms. The van der Waals surface area contributed by atoms with Crippen molar-refractivity contribution in [3.8, 4) is 16.3 Å². The van der Waals surface area contributed by atoms with Crippen LogP contribution in [0.2, 0.25) is 0 Å². The van der Waals surface area contributed by atoms with Gasteiger partial charge in [0.25, 0.3) is 5.88 Å². The lowest BCUT2D eigenvalue weighted by molar-refractivity contribution is -0.119. The number of anilines is 3. The number of aromatic nitrogens is 3. The van der Waals surface area contributed by atoms with Gasteiger partial charge in [-0.3, -0.25) is 4.79 Å². The highest BCUT2D eigenvalue weighted by Crippen LogP contribution is 2.34. The van der Waals surface area contributed by atoms with E-state index in [0.717, 1.165) is 46.0 Å². The Kier molecular flexibility index (Phi) is 6.54. The summed E-state index contributed by atoms with van der Waals surface area (Å²) in [5.41, 5.74) is 2.78. The molecule has 0 aliphatic carbocycles. The van der Waals surface area contributed by atoms with Gasteiger partial charge < -0.3 is 25.0 Å². The summed E-state index contributed by atoms with van der Waals surface area (Å²) < 4.78 is 25.1. The number of halogens is 1. The normalized spacial score (nSPS) is 18.5. The zero-order chi connectivity index (χ0) is 23.5. The first-order valence-electron chi connectivity index (χ1n) is 11.2. The molecule has 3 aromatic rings. The lowest BCUT2D eigenvalue weighted by Gasteiger charge is -2.17. The van der Waals surface area contributed by atoms with Crippen LogP contribution >= 0.6 is 11.3 Å². The lowest BCUT2D eigenvalue weighted by atomic mass is 10.1. The largest absolute Gasteiger partial charge is 0.470 e. The summed E-state index contributed by atoms with van der Waals surface area (Å²) in [5.74, 6) is -0.442. The molecule has 2 saturated heterocycles. The van der Waals surface area contributed by atoms with E-state index in [0.29, 0.717) is 32.7 Å². The monoisotopic (exact) mass is 484 g/mol. The maximum Gasteiger partial charge on any atom is 0.255 e. The molecule has 1 aromatic carbocycles. The van der Waals surface area contributed by atoms with Crippen LogP contribution in [0.25, 0.3) is 10.4 Å². The van der Waals surface area contributed by atoms with Gasteiger partial charge in [0.15, 0.2) is 5.13 Å². The molecule has 2 fully saturated rings. The molecule has 34 heavy (non-hydrogen) atoms. The summed E-state index contributed by atoms with van der Waals surface area (Å²) in [7, 11) is 0. The van der Waals surface area contributed by atoms with Gasteiger partial charge in [0.05, 0.1) is 30.8 Å². The van der Waals surface area contributed by atoms with Crippen LogP contribution in [0.1, 0.15) is 18.4 Å². The number of thiazole rings is 1. The molecular weight excluding hydrogens is 459 g/mol. The summed E-state index contributed by atoms with van der Waals surface area (Å²) in [6.45, 7) is 4.80. The van der Waals surface area contributed by atoms with Gasteiger partial charge in [-0.2, -0.15) is 9.37 Å².